The van der Waals surface area contributed by atoms with Crippen molar-refractivity contribution >= 4 is 0 Å². The maximum absolute atomic E-state index is 4.68. The zero-order valence-electron chi connectivity index (χ0n) is 8.97. The van der Waals surface area contributed by atoms with Gasteiger partial charge in [-0.1, -0.05) is 0 Å². The summed E-state index contributed by atoms with van der Waals surface area (Å²) in [7, 11) is 0. The van der Waals surface area contributed by atoms with Gasteiger partial charge in [0.25, 0.3) is 0 Å². The van der Waals surface area contributed by atoms with Crippen molar-refractivity contribution in [2.75, 3.05) is 13.1 Å². The molecule has 0 aliphatic carbocycles. The van der Waals surface area contributed by atoms with Crippen molar-refractivity contribution in [1.82, 2.24) is 20.6 Å². The first kappa shape index (κ1) is 9.36. The number of H-pyrrole nitrogens is 1. The minimum absolute atomic E-state index is 0.644. The fourth-order valence-corrected chi connectivity index (χ4v) is 2.54. The minimum Gasteiger partial charge on any atom is -0.345 e. The molecular formula is C11H18N4. The van der Waals surface area contributed by atoms with Gasteiger partial charge in [-0.15, -0.1) is 0 Å². The van der Waals surface area contributed by atoms with Crippen molar-refractivity contribution in [3.05, 3.63) is 17.2 Å². The summed E-state index contributed by atoms with van der Waals surface area (Å²) in [5.41, 5.74) is 2.58. The second kappa shape index (κ2) is 3.94. The van der Waals surface area contributed by atoms with Gasteiger partial charge in [0.2, 0.25) is 0 Å². The molecule has 3 rings (SSSR count). The lowest BCUT2D eigenvalue weighted by Crippen LogP contribution is -2.24. The van der Waals surface area contributed by atoms with Crippen molar-refractivity contribution in [3.8, 4) is 0 Å². The first-order valence-electron chi connectivity index (χ1n) is 5.92. The monoisotopic (exact) mass is 206 g/mol. The van der Waals surface area contributed by atoms with Crippen molar-refractivity contribution in [2.24, 2.45) is 0 Å². The van der Waals surface area contributed by atoms with Crippen LogP contribution in [-0.2, 0) is 19.4 Å². The quantitative estimate of drug-likeness (QED) is 0.654. The van der Waals surface area contributed by atoms with Crippen LogP contribution in [0.25, 0.3) is 0 Å². The van der Waals surface area contributed by atoms with Gasteiger partial charge >= 0.3 is 0 Å². The lowest BCUT2D eigenvalue weighted by atomic mass is 10.1. The Hall–Kier alpha value is -0.870. The van der Waals surface area contributed by atoms with E-state index in [9.17, 15) is 0 Å². The Balaban J connectivity index is 1.72. The van der Waals surface area contributed by atoms with Crippen LogP contribution in [0.1, 0.15) is 30.1 Å². The summed E-state index contributed by atoms with van der Waals surface area (Å²) < 4.78 is 0. The van der Waals surface area contributed by atoms with Gasteiger partial charge < -0.3 is 15.6 Å². The van der Waals surface area contributed by atoms with Crippen LogP contribution in [0.2, 0.25) is 0 Å². The summed E-state index contributed by atoms with van der Waals surface area (Å²) in [6.07, 6.45) is 4.74. The van der Waals surface area contributed by atoms with Crippen LogP contribution in [0, 0.1) is 0 Å². The molecule has 0 saturated carbocycles. The molecule has 15 heavy (non-hydrogen) atoms. The van der Waals surface area contributed by atoms with Gasteiger partial charge in [-0.05, 0) is 19.4 Å². The standard InChI is InChI=1S/C11H18N4/c1-2-8(13-4-1)6-11-14-9-3-5-12-7-10(9)15-11/h8,12-13H,1-7H2,(H,14,15). The van der Waals surface area contributed by atoms with Crippen LogP contribution >= 0.6 is 0 Å². The SMILES string of the molecule is C1CNC(Cc2nc3c([nH]2)CNCC3)C1. The lowest BCUT2D eigenvalue weighted by Gasteiger charge is -2.09. The lowest BCUT2D eigenvalue weighted by molar-refractivity contribution is 0.587. The van der Waals surface area contributed by atoms with Crippen molar-refractivity contribution in [1.29, 1.82) is 0 Å². The van der Waals surface area contributed by atoms with E-state index in [2.05, 4.69) is 20.6 Å². The summed E-state index contributed by atoms with van der Waals surface area (Å²) in [6, 6.07) is 0.644. The highest BCUT2D eigenvalue weighted by atomic mass is 15.0. The molecule has 0 radical (unpaired) electrons. The van der Waals surface area contributed by atoms with E-state index >= 15 is 0 Å². The van der Waals surface area contributed by atoms with Crippen LogP contribution in [0.15, 0.2) is 0 Å². The topological polar surface area (TPSA) is 52.7 Å². The average Bonchev–Trinajstić information content (AvgIpc) is 2.86. The molecule has 1 fully saturated rings. The van der Waals surface area contributed by atoms with Crippen LogP contribution in [0.3, 0.4) is 0 Å². The number of hydrogen-bond acceptors (Lipinski definition) is 3. The zero-order valence-corrected chi connectivity index (χ0v) is 8.97. The molecule has 1 aromatic rings. The zero-order chi connectivity index (χ0) is 10.1. The number of rotatable bonds is 2. The van der Waals surface area contributed by atoms with E-state index in [0.29, 0.717) is 6.04 Å². The molecule has 82 valence electrons. The van der Waals surface area contributed by atoms with Crippen LogP contribution in [-0.4, -0.2) is 29.1 Å². The predicted molar refractivity (Wildman–Crippen MR) is 58.7 cm³/mol. The van der Waals surface area contributed by atoms with Gasteiger partial charge in [-0.3, -0.25) is 0 Å². The van der Waals surface area contributed by atoms with E-state index in [1.165, 1.54) is 36.6 Å². The van der Waals surface area contributed by atoms with E-state index < -0.39 is 0 Å². The average molecular weight is 206 g/mol. The van der Waals surface area contributed by atoms with E-state index in [1.54, 1.807) is 0 Å². The van der Waals surface area contributed by atoms with Gasteiger partial charge in [-0.25, -0.2) is 4.98 Å². The summed E-state index contributed by atoms with van der Waals surface area (Å²) in [5.74, 6) is 1.17. The van der Waals surface area contributed by atoms with Gasteiger partial charge in [0, 0.05) is 32.0 Å². The van der Waals surface area contributed by atoms with Gasteiger partial charge in [-0.2, -0.15) is 0 Å². The number of imidazole rings is 1. The molecule has 2 aliphatic rings. The van der Waals surface area contributed by atoms with E-state index in [1.807, 2.05) is 0 Å². The van der Waals surface area contributed by atoms with Crippen molar-refractivity contribution in [3.63, 3.8) is 0 Å². The number of fused-ring (bicyclic) bond motifs is 1. The van der Waals surface area contributed by atoms with Crippen LogP contribution in [0.5, 0.6) is 0 Å². The van der Waals surface area contributed by atoms with Gasteiger partial charge in [0.1, 0.15) is 5.82 Å². The first-order chi connectivity index (χ1) is 7.42. The molecule has 4 nitrogen and oxygen atoms in total. The first-order valence-corrected chi connectivity index (χ1v) is 5.92. The summed E-state index contributed by atoms with van der Waals surface area (Å²) in [6.45, 7) is 3.20. The third kappa shape index (κ3) is 1.92. The molecule has 1 saturated heterocycles. The number of hydrogen-bond donors (Lipinski definition) is 3. The Kier molecular flexibility index (Phi) is 2.46. The van der Waals surface area contributed by atoms with Crippen LogP contribution in [0.4, 0.5) is 0 Å². The van der Waals surface area contributed by atoms with Crippen molar-refractivity contribution in [2.45, 2.75) is 38.3 Å². The Morgan fingerprint density at radius 3 is 3.13 bits per heavy atom. The Labute approximate surface area is 89.9 Å². The molecule has 0 aromatic carbocycles. The largest absolute Gasteiger partial charge is 0.345 e. The Morgan fingerprint density at radius 2 is 2.33 bits per heavy atom. The molecule has 2 aliphatic heterocycles. The maximum Gasteiger partial charge on any atom is 0.108 e. The molecule has 1 atom stereocenters. The molecule has 1 aromatic heterocycles. The molecule has 0 amide bonds. The third-order valence-corrected chi connectivity index (χ3v) is 3.36. The van der Waals surface area contributed by atoms with Crippen LogP contribution < -0.4 is 10.6 Å². The number of nitrogens with one attached hydrogen (secondary N) is 3. The second-order valence-corrected chi connectivity index (χ2v) is 4.53. The highest BCUT2D eigenvalue weighted by molar-refractivity contribution is 5.18. The smallest absolute Gasteiger partial charge is 0.108 e. The van der Waals surface area contributed by atoms with Crippen molar-refractivity contribution < 1.29 is 0 Å². The highest BCUT2D eigenvalue weighted by Gasteiger charge is 2.18. The van der Waals surface area contributed by atoms with Gasteiger partial charge in [0.15, 0.2) is 0 Å². The Bertz CT molecular complexity index is 315. The number of aromatic amines is 1. The fourth-order valence-electron chi connectivity index (χ4n) is 2.54. The third-order valence-electron chi connectivity index (χ3n) is 3.36. The summed E-state index contributed by atoms with van der Waals surface area (Å²) in [5, 5.41) is 6.87. The molecule has 1 unspecified atom stereocenters. The van der Waals surface area contributed by atoms with E-state index in [-0.39, 0.29) is 0 Å². The molecular weight excluding hydrogens is 188 g/mol. The molecule has 0 bridgehead atoms. The maximum atomic E-state index is 4.68. The summed E-state index contributed by atoms with van der Waals surface area (Å²) in [4.78, 5) is 8.13. The summed E-state index contributed by atoms with van der Waals surface area (Å²) >= 11 is 0. The predicted octanol–water partition coefficient (Wildman–Crippen LogP) is 0.350. The molecule has 4 heteroatoms. The second-order valence-electron chi connectivity index (χ2n) is 4.53. The van der Waals surface area contributed by atoms with E-state index in [4.69, 9.17) is 0 Å². The number of aromatic nitrogens is 2. The molecule has 3 heterocycles. The fraction of sp³-hybridized carbons (Fsp3) is 0.727. The minimum atomic E-state index is 0.644. The molecule has 3 N–H and O–H groups in total. The highest BCUT2D eigenvalue weighted by Crippen LogP contribution is 2.14. The molecule has 0 spiro atoms. The Morgan fingerprint density at radius 1 is 1.33 bits per heavy atom. The number of nitrogens with zero attached hydrogens (tertiary/aromatic N) is 1. The van der Waals surface area contributed by atoms with Gasteiger partial charge in [0.05, 0.1) is 11.4 Å². The normalized spacial score (nSPS) is 25.5. The van der Waals surface area contributed by atoms with E-state index in [0.717, 1.165) is 25.9 Å².